The molecule has 1 atom stereocenters. The van der Waals surface area contributed by atoms with Crippen molar-refractivity contribution in [2.75, 3.05) is 6.54 Å². The Labute approximate surface area is 172 Å². The topological polar surface area (TPSA) is 34.5 Å². The van der Waals surface area contributed by atoms with Gasteiger partial charge in [-0.3, -0.25) is 9.69 Å². The van der Waals surface area contributed by atoms with Crippen LogP contribution in [0.5, 0.6) is 5.75 Å². The first-order chi connectivity index (χ1) is 14.1. The summed E-state index contributed by atoms with van der Waals surface area (Å²) in [6.07, 6.45) is 2.94. The van der Waals surface area contributed by atoms with Crippen LogP contribution in [0.15, 0.2) is 71.7 Å². The minimum Gasteiger partial charge on any atom is -0.483 e. The maximum atomic E-state index is 12.6. The lowest BCUT2D eigenvalue weighted by molar-refractivity contribution is 0.157. The van der Waals surface area contributed by atoms with Crippen molar-refractivity contribution in [1.82, 2.24) is 9.47 Å². The van der Waals surface area contributed by atoms with Crippen LogP contribution in [0, 0.1) is 0 Å². The molecule has 4 heteroatoms. The van der Waals surface area contributed by atoms with Gasteiger partial charge >= 0.3 is 0 Å². The van der Waals surface area contributed by atoms with Gasteiger partial charge in [0.15, 0.2) is 5.75 Å². The van der Waals surface area contributed by atoms with Crippen molar-refractivity contribution in [3.05, 3.63) is 99.5 Å². The third kappa shape index (κ3) is 4.43. The molecule has 4 nitrogen and oxygen atoms in total. The molecular formula is C25H28N2O2. The molecule has 29 heavy (non-hydrogen) atoms. The Hall–Kier alpha value is -2.85. The molecule has 1 unspecified atom stereocenters. The third-order valence-electron chi connectivity index (χ3n) is 5.78. The molecule has 0 saturated heterocycles. The van der Waals surface area contributed by atoms with Crippen LogP contribution in [-0.2, 0) is 26.1 Å². The van der Waals surface area contributed by atoms with Crippen LogP contribution in [0.3, 0.4) is 0 Å². The zero-order valence-electron chi connectivity index (χ0n) is 17.2. The predicted molar refractivity (Wildman–Crippen MR) is 116 cm³/mol. The standard InChI is InChI=1S/C25H28N2O2/c1-3-20-9-11-21(12-10-20)16-26-13-14-27-17-25(24(28)15-23(27)19(26)2)29-18-22-7-5-4-6-8-22/h4-12,15,17,19H,3,13-14,16,18H2,1-2H3. The van der Waals surface area contributed by atoms with Crippen molar-refractivity contribution in [3.8, 4) is 5.75 Å². The Morgan fingerprint density at radius 2 is 1.69 bits per heavy atom. The molecule has 1 aliphatic heterocycles. The summed E-state index contributed by atoms with van der Waals surface area (Å²) in [5.74, 6) is 0.424. The molecule has 0 N–H and O–H groups in total. The summed E-state index contributed by atoms with van der Waals surface area (Å²) in [4.78, 5) is 15.1. The fraction of sp³-hybridized carbons (Fsp3) is 0.320. The second kappa shape index (κ2) is 8.66. The molecule has 2 heterocycles. The number of ether oxygens (including phenoxy) is 1. The van der Waals surface area contributed by atoms with Crippen molar-refractivity contribution in [2.45, 2.75) is 46.0 Å². The van der Waals surface area contributed by atoms with Gasteiger partial charge in [0.25, 0.3) is 0 Å². The second-order valence-electron chi connectivity index (χ2n) is 7.71. The maximum absolute atomic E-state index is 12.6. The summed E-state index contributed by atoms with van der Waals surface area (Å²) in [7, 11) is 0. The highest BCUT2D eigenvalue weighted by molar-refractivity contribution is 5.27. The first-order valence-corrected chi connectivity index (χ1v) is 10.4. The molecule has 0 fully saturated rings. The van der Waals surface area contributed by atoms with Gasteiger partial charge in [0.05, 0.1) is 6.20 Å². The highest BCUT2D eigenvalue weighted by Crippen LogP contribution is 2.27. The second-order valence-corrected chi connectivity index (χ2v) is 7.71. The van der Waals surface area contributed by atoms with Crippen LogP contribution in [0.2, 0.25) is 0 Å². The smallest absolute Gasteiger partial charge is 0.223 e. The van der Waals surface area contributed by atoms with E-state index in [1.54, 1.807) is 6.07 Å². The average molecular weight is 389 g/mol. The minimum absolute atomic E-state index is 0.0480. The largest absolute Gasteiger partial charge is 0.483 e. The van der Waals surface area contributed by atoms with E-state index in [2.05, 4.69) is 47.6 Å². The predicted octanol–water partition coefficient (Wildman–Crippen LogP) is 4.57. The Balaban J connectivity index is 1.48. The number of hydrogen-bond donors (Lipinski definition) is 0. The van der Waals surface area contributed by atoms with Crippen molar-refractivity contribution in [2.24, 2.45) is 0 Å². The summed E-state index contributed by atoms with van der Waals surface area (Å²) in [5.41, 5.74) is 4.74. The molecule has 0 saturated carbocycles. The van der Waals surface area contributed by atoms with Crippen LogP contribution in [0.4, 0.5) is 0 Å². The monoisotopic (exact) mass is 388 g/mol. The van der Waals surface area contributed by atoms with Crippen LogP contribution < -0.4 is 10.2 Å². The molecule has 2 aromatic carbocycles. The minimum atomic E-state index is -0.0480. The molecule has 0 amide bonds. The molecule has 1 aromatic heterocycles. The van der Waals surface area contributed by atoms with Gasteiger partial charge in [0.1, 0.15) is 6.61 Å². The van der Waals surface area contributed by atoms with E-state index in [4.69, 9.17) is 4.74 Å². The quantitative estimate of drug-likeness (QED) is 0.621. The van der Waals surface area contributed by atoms with Gasteiger partial charge in [0, 0.05) is 37.4 Å². The van der Waals surface area contributed by atoms with Gasteiger partial charge in [0.2, 0.25) is 5.43 Å². The Bertz CT molecular complexity index is 1010. The average Bonchev–Trinajstić information content (AvgIpc) is 2.76. The van der Waals surface area contributed by atoms with E-state index < -0.39 is 0 Å². The summed E-state index contributed by atoms with van der Waals surface area (Å²) < 4.78 is 7.99. The van der Waals surface area contributed by atoms with Gasteiger partial charge in [-0.05, 0) is 30.0 Å². The van der Waals surface area contributed by atoms with E-state index in [0.717, 1.165) is 37.3 Å². The Kier molecular flexibility index (Phi) is 5.81. The molecule has 0 aliphatic carbocycles. The Morgan fingerprint density at radius 3 is 2.41 bits per heavy atom. The van der Waals surface area contributed by atoms with Gasteiger partial charge in [-0.1, -0.05) is 61.5 Å². The molecule has 150 valence electrons. The van der Waals surface area contributed by atoms with E-state index in [1.807, 2.05) is 36.5 Å². The first-order valence-electron chi connectivity index (χ1n) is 10.4. The number of pyridine rings is 1. The number of nitrogens with zero attached hydrogens (tertiary/aromatic N) is 2. The van der Waals surface area contributed by atoms with Crippen LogP contribution >= 0.6 is 0 Å². The molecule has 1 aliphatic rings. The number of fused-ring (bicyclic) bond motifs is 1. The number of rotatable bonds is 6. The fourth-order valence-corrected chi connectivity index (χ4v) is 3.91. The van der Waals surface area contributed by atoms with Crippen LogP contribution in [-0.4, -0.2) is 16.0 Å². The zero-order valence-corrected chi connectivity index (χ0v) is 17.2. The molecule has 0 radical (unpaired) electrons. The van der Waals surface area contributed by atoms with E-state index in [-0.39, 0.29) is 11.5 Å². The fourth-order valence-electron chi connectivity index (χ4n) is 3.91. The van der Waals surface area contributed by atoms with Crippen molar-refractivity contribution in [3.63, 3.8) is 0 Å². The van der Waals surface area contributed by atoms with Gasteiger partial charge < -0.3 is 9.30 Å². The third-order valence-corrected chi connectivity index (χ3v) is 5.78. The zero-order chi connectivity index (χ0) is 20.2. The molecular weight excluding hydrogens is 360 g/mol. The maximum Gasteiger partial charge on any atom is 0.223 e. The summed E-state index contributed by atoms with van der Waals surface area (Å²) in [6.45, 7) is 7.46. The number of benzene rings is 2. The molecule has 0 spiro atoms. The highest BCUT2D eigenvalue weighted by Gasteiger charge is 2.24. The van der Waals surface area contributed by atoms with Crippen LogP contribution in [0.25, 0.3) is 0 Å². The molecule has 3 aromatic rings. The molecule has 4 rings (SSSR count). The normalized spacial score (nSPS) is 16.4. The highest BCUT2D eigenvalue weighted by atomic mass is 16.5. The van der Waals surface area contributed by atoms with E-state index in [0.29, 0.717) is 12.4 Å². The lowest BCUT2D eigenvalue weighted by Gasteiger charge is -2.36. The van der Waals surface area contributed by atoms with Crippen molar-refractivity contribution >= 4 is 0 Å². The molecule has 0 bridgehead atoms. The van der Waals surface area contributed by atoms with Gasteiger partial charge in [-0.2, -0.15) is 0 Å². The SMILES string of the molecule is CCc1ccc(CN2CCn3cc(OCc4ccccc4)c(=O)cc3C2C)cc1. The van der Waals surface area contributed by atoms with Crippen molar-refractivity contribution in [1.29, 1.82) is 0 Å². The van der Waals surface area contributed by atoms with E-state index in [9.17, 15) is 4.79 Å². The number of aromatic nitrogens is 1. The van der Waals surface area contributed by atoms with Gasteiger partial charge in [-0.15, -0.1) is 0 Å². The van der Waals surface area contributed by atoms with E-state index >= 15 is 0 Å². The van der Waals surface area contributed by atoms with E-state index in [1.165, 1.54) is 11.1 Å². The number of hydrogen-bond acceptors (Lipinski definition) is 3. The lowest BCUT2D eigenvalue weighted by atomic mass is 10.1. The van der Waals surface area contributed by atoms with Crippen LogP contribution in [0.1, 0.15) is 42.3 Å². The first kappa shape index (κ1) is 19.5. The summed E-state index contributed by atoms with van der Waals surface area (Å²) in [6, 6.07) is 20.7. The summed E-state index contributed by atoms with van der Waals surface area (Å²) in [5, 5.41) is 0. The Morgan fingerprint density at radius 1 is 0.966 bits per heavy atom. The lowest BCUT2D eigenvalue weighted by Crippen LogP contribution is -2.37. The number of aryl methyl sites for hydroxylation is 1. The van der Waals surface area contributed by atoms with Gasteiger partial charge in [-0.25, -0.2) is 0 Å². The van der Waals surface area contributed by atoms with Crippen molar-refractivity contribution < 1.29 is 4.74 Å². The summed E-state index contributed by atoms with van der Waals surface area (Å²) >= 11 is 0.